The second-order valence-electron chi connectivity index (χ2n) is 15.2. The van der Waals surface area contributed by atoms with Gasteiger partial charge in [0.25, 0.3) is 0 Å². The number of rotatable bonds is 5. The Balaban J connectivity index is 0.000000152. The van der Waals surface area contributed by atoms with Crippen molar-refractivity contribution in [1.29, 1.82) is 0 Å². The van der Waals surface area contributed by atoms with Crippen LogP contribution in [0, 0.1) is 5.92 Å². The maximum Gasteiger partial charge on any atom is 0.410 e. The number of thiocarbonyl (C=S) groups is 1. The first-order chi connectivity index (χ1) is 24.5. The number of nitrogens with two attached hydrogens (primary N) is 1. The van der Waals surface area contributed by atoms with Gasteiger partial charge in [-0.3, -0.25) is 4.79 Å². The number of aromatic nitrogens is 1. The predicted octanol–water partition coefficient (Wildman–Crippen LogP) is 9.22. The second-order valence-corrected chi connectivity index (χ2v) is 17.1. The van der Waals surface area contributed by atoms with Gasteiger partial charge in [0.15, 0.2) is 5.78 Å². The maximum atomic E-state index is 11.7. The zero-order chi connectivity index (χ0) is 36.4. The van der Waals surface area contributed by atoms with Crippen LogP contribution in [0.4, 0.5) is 4.79 Å². The molecule has 2 saturated heterocycles. The number of ketones is 1. The highest BCUT2D eigenvalue weighted by atomic mass is 79.9. The van der Waals surface area contributed by atoms with Gasteiger partial charge in [0.2, 0.25) is 0 Å². The number of carbonyl (C=O) groups is 2. The molecule has 7 rings (SSSR count). The maximum absolute atomic E-state index is 11.7. The molecule has 0 atom stereocenters. The number of Topliss-reactive ketones (excluding diaryl/α,β-unsaturated/α-hetero) is 1. The number of piperidine rings is 2. The van der Waals surface area contributed by atoms with Crippen LogP contribution in [-0.2, 0) is 30.4 Å². The predicted molar refractivity (Wildman–Crippen MR) is 218 cm³/mol. The molecule has 0 unspecified atom stereocenters. The van der Waals surface area contributed by atoms with E-state index in [-0.39, 0.29) is 17.8 Å². The van der Waals surface area contributed by atoms with E-state index in [1.807, 2.05) is 38.2 Å². The first-order valence-electron chi connectivity index (χ1n) is 18.8. The normalized spacial score (nSPS) is 17.8. The van der Waals surface area contributed by atoms with Crippen LogP contribution in [0.5, 0.6) is 0 Å². The number of fused-ring (bicyclic) bond motifs is 2. The first-order valence-corrected chi connectivity index (χ1v) is 21.2. The summed E-state index contributed by atoms with van der Waals surface area (Å²) in [5.74, 6) is 1.12. The molecule has 7 nitrogen and oxygen atoms in total. The van der Waals surface area contributed by atoms with E-state index in [1.165, 1.54) is 85.2 Å². The summed E-state index contributed by atoms with van der Waals surface area (Å²) < 4.78 is 5.30. The summed E-state index contributed by atoms with van der Waals surface area (Å²) in [6.45, 7) is 9.23. The number of likely N-dealkylation sites (tertiary alicyclic amines) is 1. The van der Waals surface area contributed by atoms with Gasteiger partial charge >= 0.3 is 6.09 Å². The van der Waals surface area contributed by atoms with Crippen LogP contribution in [0.15, 0.2) is 41.8 Å². The van der Waals surface area contributed by atoms with Crippen molar-refractivity contribution in [3.8, 4) is 11.3 Å². The molecule has 1 amide bonds. The van der Waals surface area contributed by atoms with E-state index in [1.54, 1.807) is 16.0 Å². The lowest BCUT2D eigenvalue weighted by atomic mass is 9.90. The zero-order valence-corrected chi connectivity index (χ0v) is 33.8. The van der Waals surface area contributed by atoms with Crippen LogP contribution in [0.3, 0.4) is 0 Å². The third-order valence-electron chi connectivity index (χ3n) is 10.2. The highest BCUT2D eigenvalue weighted by Crippen LogP contribution is 2.33. The minimum Gasteiger partial charge on any atom is -0.444 e. The minimum absolute atomic E-state index is 0.179. The first kappa shape index (κ1) is 39.5. The number of hydrogen-bond acceptors (Lipinski definition) is 7. The van der Waals surface area contributed by atoms with Gasteiger partial charge in [0, 0.05) is 41.4 Å². The molecule has 2 aliphatic carbocycles. The number of nitrogens with one attached hydrogen (secondary N) is 1. The average molecular weight is 796 g/mol. The average Bonchev–Trinajstić information content (AvgIpc) is 3.65. The largest absolute Gasteiger partial charge is 0.444 e. The third kappa shape index (κ3) is 11.7. The molecule has 10 heteroatoms. The van der Waals surface area contributed by atoms with E-state index in [0.29, 0.717) is 29.3 Å². The topological polar surface area (TPSA) is 97.5 Å². The van der Waals surface area contributed by atoms with Crippen LogP contribution in [-0.4, -0.2) is 63.9 Å². The molecule has 0 spiro atoms. The van der Waals surface area contributed by atoms with Gasteiger partial charge in [0.1, 0.15) is 5.60 Å². The summed E-state index contributed by atoms with van der Waals surface area (Å²) in [7, 11) is 0. The van der Waals surface area contributed by atoms with Crippen molar-refractivity contribution in [1.82, 2.24) is 15.2 Å². The molecule has 2 fully saturated rings. The van der Waals surface area contributed by atoms with Crippen molar-refractivity contribution in [2.75, 3.05) is 31.5 Å². The molecular weight excluding hydrogens is 741 g/mol. The molecule has 2 aliphatic heterocycles. The van der Waals surface area contributed by atoms with E-state index < -0.39 is 5.60 Å². The molecule has 2 aromatic carbocycles. The molecule has 1 aromatic heterocycles. The van der Waals surface area contributed by atoms with Crippen LogP contribution in [0.2, 0.25) is 0 Å². The standard InChI is InChI=1S/C18H22N2S.C12H13BrO.C11H20N2O2S/c1-2-4-15-11-16(6-5-13(15)3-1)17-12-21-18(20-17)14-7-9-19-10-8-14;13-8-12(14)11-6-5-9-3-1-2-4-10(9)7-11;1-11(2,3)15-10(14)13-6-4-8(5-7-13)9(12)16/h5-6,11-12,14,19H,1-4,7-10H2;5-7H,1-4,8H2;8H,4-7H2,1-3H3,(H2,12,16). The fraction of sp³-hybridized carbons (Fsp3) is 0.561. The molecule has 0 radical (unpaired) electrons. The van der Waals surface area contributed by atoms with Gasteiger partial charge in [-0.05, 0) is 145 Å². The van der Waals surface area contributed by atoms with Gasteiger partial charge < -0.3 is 20.7 Å². The molecule has 3 N–H and O–H groups in total. The second kappa shape index (κ2) is 18.9. The third-order valence-corrected chi connectivity index (χ3v) is 12.0. The number of aryl methyl sites for hydroxylation is 4. The Morgan fingerprint density at radius 1 is 0.922 bits per heavy atom. The number of halogens is 1. The van der Waals surface area contributed by atoms with E-state index in [4.69, 9.17) is 27.7 Å². The van der Waals surface area contributed by atoms with Crippen LogP contribution in [0.25, 0.3) is 11.3 Å². The summed E-state index contributed by atoms with van der Waals surface area (Å²) in [6.07, 6.45) is 14.0. The van der Waals surface area contributed by atoms with E-state index in [2.05, 4.69) is 57.0 Å². The number of alkyl halides is 1. The van der Waals surface area contributed by atoms with Crippen molar-refractivity contribution >= 4 is 56.3 Å². The highest BCUT2D eigenvalue weighted by molar-refractivity contribution is 9.09. The molecular formula is C41H55BrN4O3S2. The Kier molecular flexibility index (Phi) is 14.7. The number of benzene rings is 2. The fourth-order valence-corrected chi connectivity index (χ4v) is 8.79. The lowest BCUT2D eigenvalue weighted by Gasteiger charge is -2.33. The van der Waals surface area contributed by atoms with Crippen molar-refractivity contribution in [2.24, 2.45) is 11.7 Å². The summed E-state index contributed by atoms with van der Waals surface area (Å²) in [4.78, 5) is 30.4. The van der Waals surface area contributed by atoms with Crippen molar-refractivity contribution in [3.05, 3.63) is 74.6 Å². The van der Waals surface area contributed by atoms with E-state index >= 15 is 0 Å². The van der Waals surface area contributed by atoms with Crippen LogP contribution < -0.4 is 11.1 Å². The van der Waals surface area contributed by atoms with Crippen LogP contribution >= 0.6 is 39.5 Å². The highest BCUT2D eigenvalue weighted by Gasteiger charge is 2.27. The summed E-state index contributed by atoms with van der Waals surface area (Å²) >= 11 is 10.00. The van der Waals surface area contributed by atoms with Gasteiger partial charge in [-0.25, -0.2) is 9.78 Å². The molecule has 51 heavy (non-hydrogen) atoms. The summed E-state index contributed by atoms with van der Waals surface area (Å²) in [5.41, 5.74) is 14.4. The smallest absolute Gasteiger partial charge is 0.410 e. The Bertz CT molecular complexity index is 1640. The SMILES string of the molecule is CC(C)(C)OC(=O)N1CCC(C(N)=S)CC1.O=C(CBr)c1ccc2c(c1)CCCC2.c1cc2c(cc1-c1csc(C3CCNCC3)n1)CCCC2. The number of hydrogen-bond donors (Lipinski definition) is 2. The van der Waals surface area contributed by atoms with E-state index in [9.17, 15) is 9.59 Å². The van der Waals surface area contributed by atoms with Crippen molar-refractivity contribution < 1.29 is 14.3 Å². The Morgan fingerprint density at radius 2 is 1.51 bits per heavy atom. The van der Waals surface area contributed by atoms with Gasteiger partial charge in [0.05, 0.1) is 21.0 Å². The Labute approximate surface area is 322 Å². The number of ether oxygens (including phenoxy) is 1. The Hall–Kier alpha value is -2.66. The molecule has 3 heterocycles. The lowest BCUT2D eigenvalue weighted by molar-refractivity contribution is 0.0202. The monoisotopic (exact) mass is 794 g/mol. The van der Waals surface area contributed by atoms with Gasteiger partial charge in [-0.2, -0.15) is 0 Å². The fourth-order valence-electron chi connectivity index (χ4n) is 7.23. The van der Waals surface area contributed by atoms with Crippen molar-refractivity contribution in [3.63, 3.8) is 0 Å². The summed E-state index contributed by atoms with van der Waals surface area (Å²) in [5, 5.41) is 7.45. The number of nitrogens with zero attached hydrogens (tertiary/aromatic N) is 2. The number of thiazole rings is 1. The molecule has 4 aliphatic rings. The molecule has 0 saturated carbocycles. The number of carbonyl (C=O) groups excluding carboxylic acids is 2. The molecule has 3 aromatic rings. The lowest BCUT2D eigenvalue weighted by Crippen LogP contribution is -2.43. The van der Waals surface area contributed by atoms with Gasteiger partial charge in [-0.1, -0.05) is 52.4 Å². The van der Waals surface area contributed by atoms with Crippen LogP contribution in [0.1, 0.15) is 116 Å². The number of amides is 1. The zero-order valence-electron chi connectivity index (χ0n) is 30.6. The Morgan fingerprint density at radius 3 is 2.10 bits per heavy atom. The molecule has 0 bridgehead atoms. The minimum atomic E-state index is -0.433. The van der Waals surface area contributed by atoms with Gasteiger partial charge in [-0.15, -0.1) is 11.3 Å². The molecule has 276 valence electrons. The summed E-state index contributed by atoms with van der Waals surface area (Å²) in [6, 6.07) is 13.1. The quantitative estimate of drug-likeness (QED) is 0.151. The van der Waals surface area contributed by atoms with E-state index in [0.717, 1.165) is 37.9 Å². The van der Waals surface area contributed by atoms with Crippen molar-refractivity contribution in [2.45, 2.75) is 109 Å².